The molecule has 7 heteroatoms. The van der Waals surface area contributed by atoms with Crippen LogP contribution in [0, 0.1) is 0 Å². The van der Waals surface area contributed by atoms with E-state index in [0.29, 0.717) is 22.6 Å². The Morgan fingerprint density at radius 1 is 1.20 bits per heavy atom. The zero-order chi connectivity index (χ0) is 18.0. The quantitative estimate of drug-likeness (QED) is 0.633. The normalized spacial score (nSPS) is 21.5. The molecule has 132 valence electrons. The molecule has 0 bridgehead atoms. The molecular weight excluding hydrogens is 328 g/mol. The van der Waals surface area contributed by atoms with Gasteiger partial charge >= 0.3 is 5.97 Å². The number of ether oxygens (including phenoxy) is 3. The number of aldehydes is 1. The smallest absolute Gasteiger partial charge is 0.338 e. The molecule has 0 spiro atoms. The Kier molecular flexibility index (Phi) is 4.76. The molecule has 0 saturated heterocycles. The summed E-state index contributed by atoms with van der Waals surface area (Å²) >= 11 is 0. The molecule has 0 aliphatic heterocycles. The molecule has 1 aliphatic rings. The van der Waals surface area contributed by atoms with E-state index in [2.05, 4.69) is 0 Å². The summed E-state index contributed by atoms with van der Waals surface area (Å²) in [6, 6.07) is 4.64. The van der Waals surface area contributed by atoms with Crippen molar-refractivity contribution >= 4 is 12.3 Å². The molecule has 0 fully saturated rings. The summed E-state index contributed by atoms with van der Waals surface area (Å²) in [7, 11) is 2.97. The van der Waals surface area contributed by atoms with Crippen LogP contribution in [0.25, 0.3) is 0 Å². The van der Waals surface area contributed by atoms with E-state index in [1.165, 1.54) is 32.8 Å². The molecule has 3 atom stereocenters. The van der Waals surface area contributed by atoms with Crippen molar-refractivity contribution in [1.82, 2.24) is 0 Å². The molecule has 1 N–H and O–H groups in total. The summed E-state index contributed by atoms with van der Waals surface area (Å²) < 4.78 is 20.9. The fraction of sp³-hybridized carbons (Fsp3) is 0.333. The Bertz CT molecular complexity index is 779. The van der Waals surface area contributed by atoms with Gasteiger partial charge in [-0.2, -0.15) is 0 Å². The number of fused-ring (bicyclic) bond motifs is 1. The van der Waals surface area contributed by atoms with Crippen LogP contribution in [-0.4, -0.2) is 37.7 Å². The number of rotatable bonds is 6. The molecule has 0 saturated carbocycles. The van der Waals surface area contributed by atoms with Crippen LogP contribution in [0.15, 0.2) is 35.1 Å². The molecule has 1 aromatic heterocycles. The maximum Gasteiger partial charge on any atom is 0.338 e. The monoisotopic (exact) mass is 346 g/mol. The molecule has 0 radical (unpaired) electrons. The molecule has 2 aromatic rings. The SMILES string of the molecule is COc1ccc(C(=O)O[C@@H]2c3cocc3[C@@H](CC=O)[C@@H]2O)cc1OC. The zero-order valence-corrected chi connectivity index (χ0v) is 13.8. The van der Waals surface area contributed by atoms with Crippen LogP contribution in [-0.2, 0) is 9.53 Å². The summed E-state index contributed by atoms with van der Waals surface area (Å²) in [4.78, 5) is 23.3. The van der Waals surface area contributed by atoms with Gasteiger partial charge in [-0.05, 0) is 18.2 Å². The second-order valence-corrected chi connectivity index (χ2v) is 5.68. The van der Waals surface area contributed by atoms with Crippen LogP contribution in [0.4, 0.5) is 0 Å². The minimum atomic E-state index is -1.00. The van der Waals surface area contributed by atoms with Crippen LogP contribution in [0.5, 0.6) is 11.5 Å². The Labute approximate surface area is 144 Å². The van der Waals surface area contributed by atoms with Gasteiger partial charge in [0.15, 0.2) is 17.6 Å². The van der Waals surface area contributed by atoms with E-state index in [0.717, 1.165) is 6.29 Å². The van der Waals surface area contributed by atoms with Crippen molar-refractivity contribution in [3.8, 4) is 11.5 Å². The summed E-state index contributed by atoms with van der Waals surface area (Å²) in [5, 5.41) is 10.4. The predicted molar refractivity (Wildman–Crippen MR) is 85.8 cm³/mol. The van der Waals surface area contributed by atoms with Gasteiger partial charge in [0.1, 0.15) is 12.4 Å². The van der Waals surface area contributed by atoms with Gasteiger partial charge in [0.2, 0.25) is 0 Å². The fourth-order valence-electron chi connectivity index (χ4n) is 3.08. The van der Waals surface area contributed by atoms with Crippen molar-refractivity contribution in [1.29, 1.82) is 0 Å². The third-order valence-corrected chi connectivity index (χ3v) is 4.36. The van der Waals surface area contributed by atoms with Gasteiger partial charge in [0.25, 0.3) is 0 Å². The van der Waals surface area contributed by atoms with Gasteiger partial charge in [0, 0.05) is 23.5 Å². The third-order valence-electron chi connectivity index (χ3n) is 4.36. The number of hydrogen-bond acceptors (Lipinski definition) is 7. The highest BCUT2D eigenvalue weighted by molar-refractivity contribution is 5.90. The van der Waals surface area contributed by atoms with Crippen molar-refractivity contribution in [3.63, 3.8) is 0 Å². The summed E-state index contributed by atoms with van der Waals surface area (Å²) in [6.07, 6.45) is 1.85. The summed E-state index contributed by atoms with van der Waals surface area (Å²) in [6.45, 7) is 0. The number of carbonyl (C=O) groups excluding carboxylic acids is 2. The van der Waals surface area contributed by atoms with Crippen LogP contribution >= 0.6 is 0 Å². The van der Waals surface area contributed by atoms with E-state index in [1.807, 2.05) is 0 Å². The van der Waals surface area contributed by atoms with E-state index in [9.17, 15) is 14.7 Å². The Morgan fingerprint density at radius 2 is 1.92 bits per heavy atom. The molecular formula is C18H18O7. The molecule has 1 aromatic carbocycles. The van der Waals surface area contributed by atoms with Crippen LogP contribution < -0.4 is 9.47 Å². The number of furan rings is 1. The molecule has 1 aliphatic carbocycles. The van der Waals surface area contributed by atoms with E-state index >= 15 is 0 Å². The topological polar surface area (TPSA) is 95.2 Å². The summed E-state index contributed by atoms with van der Waals surface area (Å²) in [5.41, 5.74) is 1.52. The van der Waals surface area contributed by atoms with Crippen molar-refractivity contribution in [2.24, 2.45) is 0 Å². The maximum atomic E-state index is 12.5. The fourth-order valence-corrected chi connectivity index (χ4v) is 3.08. The number of carbonyl (C=O) groups is 2. The van der Waals surface area contributed by atoms with Crippen molar-refractivity contribution in [3.05, 3.63) is 47.4 Å². The molecule has 0 amide bonds. The molecule has 3 rings (SSSR count). The lowest BCUT2D eigenvalue weighted by Crippen LogP contribution is -2.23. The average Bonchev–Trinajstić information content (AvgIpc) is 3.19. The van der Waals surface area contributed by atoms with Gasteiger partial charge in [-0.1, -0.05) is 0 Å². The highest BCUT2D eigenvalue weighted by Crippen LogP contribution is 2.45. The van der Waals surface area contributed by atoms with Gasteiger partial charge in [-0.3, -0.25) is 0 Å². The van der Waals surface area contributed by atoms with E-state index in [4.69, 9.17) is 18.6 Å². The average molecular weight is 346 g/mol. The number of benzene rings is 1. The highest BCUT2D eigenvalue weighted by atomic mass is 16.6. The van der Waals surface area contributed by atoms with Crippen LogP contribution in [0.1, 0.15) is 39.9 Å². The van der Waals surface area contributed by atoms with Crippen molar-refractivity contribution < 1.29 is 33.3 Å². The van der Waals surface area contributed by atoms with Gasteiger partial charge < -0.3 is 28.5 Å². The Morgan fingerprint density at radius 3 is 2.60 bits per heavy atom. The second kappa shape index (κ2) is 6.98. The second-order valence-electron chi connectivity index (χ2n) is 5.68. The lowest BCUT2D eigenvalue weighted by Gasteiger charge is -2.20. The number of methoxy groups -OCH3 is 2. The first kappa shape index (κ1) is 17.0. The van der Waals surface area contributed by atoms with Gasteiger partial charge in [-0.15, -0.1) is 0 Å². The van der Waals surface area contributed by atoms with E-state index in [1.54, 1.807) is 12.1 Å². The predicted octanol–water partition coefficient (Wildman–Crippen LogP) is 2.24. The summed E-state index contributed by atoms with van der Waals surface area (Å²) in [5.74, 6) is -0.187. The zero-order valence-electron chi connectivity index (χ0n) is 13.8. The highest BCUT2D eigenvalue weighted by Gasteiger charge is 2.43. The first-order valence-corrected chi connectivity index (χ1v) is 7.71. The van der Waals surface area contributed by atoms with Crippen LogP contribution in [0.3, 0.4) is 0 Å². The van der Waals surface area contributed by atoms with E-state index in [-0.39, 0.29) is 12.0 Å². The molecule has 25 heavy (non-hydrogen) atoms. The minimum Gasteiger partial charge on any atom is -0.493 e. The number of esters is 1. The van der Waals surface area contributed by atoms with Crippen LogP contribution in [0.2, 0.25) is 0 Å². The molecule has 1 heterocycles. The van der Waals surface area contributed by atoms with E-state index < -0.39 is 24.1 Å². The number of aliphatic hydroxyl groups is 1. The Balaban J connectivity index is 1.83. The lowest BCUT2D eigenvalue weighted by molar-refractivity contribution is -0.109. The standard InChI is InChI=1S/C18H18O7/c1-22-14-4-3-10(7-15(14)23-2)18(21)25-17-13-9-24-8-12(13)11(5-6-19)16(17)20/h3-4,6-9,11,16-17,20H,5H2,1-2H3/t11-,16+,17-/m1/s1. The Hall–Kier alpha value is -2.80. The van der Waals surface area contributed by atoms with Gasteiger partial charge in [-0.25, -0.2) is 4.79 Å². The first-order chi connectivity index (χ1) is 12.1. The van der Waals surface area contributed by atoms with Crippen molar-refractivity contribution in [2.45, 2.75) is 24.5 Å². The number of hydrogen-bond donors (Lipinski definition) is 1. The number of aliphatic hydroxyl groups excluding tert-OH is 1. The minimum absolute atomic E-state index is 0.123. The first-order valence-electron chi connectivity index (χ1n) is 7.71. The third kappa shape index (κ3) is 2.98. The lowest BCUT2D eigenvalue weighted by atomic mass is 9.99. The largest absolute Gasteiger partial charge is 0.493 e. The molecule has 7 nitrogen and oxygen atoms in total. The van der Waals surface area contributed by atoms with Crippen molar-refractivity contribution in [2.75, 3.05) is 14.2 Å². The van der Waals surface area contributed by atoms with Gasteiger partial charge in [0.05, 0.1) is 32.3 Å². The molecule has 0 unspecified atom stereocenters. The maximum absolute atomic E-state index is 12.5.